The molecule has 36 heavy (non-hydrogen) atoms. The maximum atomic E-state index is 14.5. The molecule has 186 valence electrons. The van der Waals surface area contributed by atoms with E-state index in [1.54, 1.807) is 25.4 Å². The lowest BCUT2D eigenvalue weighted by Crippen LogP contribution is -2.41. The van der Waals surface area contributed by atoms with Crippen molar-refractivity contribution in [1.29, 1.82) is 0 Å². The number of aromatic nitrogens is 1. The minimum Gasteiger partial charge on any atom is -0.496 e. The van der Waals surface area contributed by atoms with E-state index in [1.807, 2.05) is 35.4 Å². The number of rotatable bonds is 6. The molecule has 1 aliphatic rings. The van der Waals surface area contributed by atoms with Crippen LogP contribution in [0.5, 0.6) is 5.75 Å². The Kier molecular flexibility index (Phi) is 7.26. The Bertz CT molecular complexity index is 1380. The van der Waals surface area contributed by atoms with Gasteiger partial charge in [0.25, 0.3) is 5.91 Å². The minimum absolute atomic E-state index is 0.0755. The van der Waals surface area contributed by atoms with E-state index in [9.17, 15) is 9.18 Å². The number of pyridine rings is 1. The van der Waals surface area contributed by atoms with Gasteiger partial charge in [-0.25, -0.2) is 4.39 Å². The number of fused-ring (bicyclic) bond motifs is 1. The summed E-state index contributed by atoms with van der Waals surface area (Å²) in [5, 5.41) is 0.518. The predicted octanol–water partition coefficient (Wildman–Crippen LogP) is 7.99. The lowest BCUT2D eigenvalue weighted by Gasteiger charge is -2.36. The van der Waals surface area contributed by atoms with Crippen LogP contribution in [-0.2, 0) is 6.54 Å². The highest BCUT2D eigenvalue weighted by molar-refractivity contribution is 7.21. The van der Waals surface area contributed by atoms with E-state index < -0.39 is 5.82 Å². The van der Waals surface area contributed by atoms with Crippen LogP contribution in [-0.4, -0.2) is 28.9 Å². The van der Waals surface area contributed by atoms with Gasteiger partial charge in [-0.1, -0.05) is 36.7 Å². The number of halogens is 2. The Morgan fingerprint density at radius 3 is 2.64 bits per heavy atom. The molecular formula is C29H28ClFN2O2S. The highest BCUT2D eigenvalue weighted by atomic mass is 35.5. The quantitative estimate of drug-likeness (QED) is 0.258. The fraction of sp³-hybridized carbons (Fsp3) is 0.310. The van der Waals surface area contributed by atoms with E-state index in [-0.39, 0.29) is 17.0 Å². The molecule has 5 rings (SSSR count). The van der Waals surface area contributed by atoms with Crippen molar-refractivity contribution < 1.29 is 13.9 Å². The molecule has 2 aromatic heterocycles. The Hall–Kier alpha value is -2.96. The van der Waals surface area contributed by atoms with Crippen LogP contribution in [0.15, 0.2) is 60.9 Å². The first-order chi connectivity index (χ1) is 17.5. The standard InChI is InChI=1S/C29H28ClFN2O2S/c1-18-8-11-22(12-9-18)33(29(34)28-27(30)26-23(31)6-3-7-25(26)36-28)17-21-15-19(10-13-24(21)35-2)20-5-4-14-32-16-20/h3-7,10,13-16,18,22H,8-9,11-12,17H2,1-2H3/t18-,22-. The summed E-state index contributed by atoms with van der Waals surface area (Å²) in [6.07, 6.45) is 7.55. The molecule has 0 unspecified atom stereocenters. The topological polar surface area (TPSA) is 42.4 Å². The van der Waals surface area contributed by atoms with Gasteiger partial charge >= 0.3 is 0 Å². The molecule has 1 saturated carbocycles. The summed E-state index contributed by atoms with van der Waals surface area (Å²) in [5.74, 6) is 0.799. The van der Waals surface area contributed by atoms with E-state index in [4.69, 9.17) is 16.3 Å². The molecule has 1 amide bonds. The molecule has 0 spiro atoms. The highest BCUT2D eigenvalue weighted by Gasteiger charge is 2.32. The van der Waals surface area contributed by atoms with Crippen LogP contribution < -0.4 is 4.74 Å². The lowest BCUT2D eigenvalue weighted by molar-refractivity contribution is 0.0597. The molecule has 0 aliphatic heterocycles. The Labute approximate surface area is 219 Å². The number of hydrogen-bond acceptors (Lipinski definition) is 4. The molecule has 1 aliphatic carbocycles. The van der Waals surface area contributed by atoms with Gasteiger partial charge in [-0.3, -0.25) is 9.78 Å². The molecule has 0 N–H and O–H groups in total. The maximum Gasteiger partial charge on any atom is 0.266 e. The first-order valence-corrected chi connectivity index (χ1v) is 13.4. The molecule has 0 atom stereocenters. The van der Waals surface area contributed by atoms with Crippen molar-refractivity contribution in [3.05, 3.63) is 82.2 Å². The monoisotopic (exact) mass is 522 g/mol. The molecule has 7 heteroatoms. The van der Waals surface area contributed by atoms with Crippen LogP contribution in [0.3, 0.4) is 0 Å². The largest absolute Gasteiger partial charge is 0.496 e. The predicted molar refractivity (Wildman–Crippen MR) is 144 cm³/mol. The summed E-state index contributed by atoms with van der Waals surface area (Å²) in [5.41, 5.74) is 2.91. The van der Waals surface area contributed by atoms with Crippen LogP contribution in [0.1, 0.15) is 47.8 Å². The van der Waals surface area contributed by atoms with Crippen LogP contribution in [0.25, 0.3) is 21.2 Å². The van der Waals surface area contributed by atoms with Crippen molar-refractivity contribution in [1.82, 2.24) is 9.88 Å². The first kappa shape index (κ1) is 24.7. The summed E-state index contributed by atoms with van der Waals surface area (Å²) in [7, 11) is 1.64. The van der Waals surface area contributed by atoms with Gasteiger partial charge in [0.1, 0.15) is 16.4 Å². The van der Waals surface area contributed by atoms with E-state index >= 15 is 0 Å². The lowest BCUT2D eigenvalue weighted by atomic mass is 9.86. The molecule has 2 aromatic carbocycles. The van der Waals surface area contributed by atoms with Crippen molar-refractivity contribution in [3.63, 3.8) is 0 Å². The Morgan fingerprint density at radius 1 is 1.14 bits per heavy atom. The van der Waals surface area contributed by atoms with Crippen molar-refractivity contribution in [2.75, 3.05) is 7.11 Å². The molecule has 0 saturated heterocycles. The molecule has 2 heterocycles. The molecule has 0 radical (unpaired) electrons. The first-order valence-electron chi connectivity index (χ1n) is 12.2. The zero-order valence-electron chi connectivity index (χ0n) is 20.3. The molecule has 4 aromatic rings. The number of thiophene rings is 1. The minimum atomic E-state index is -0.406. The van der Waals surface area contributed by atoms with Gasteiger partial charge in [-0.2, -0.15) is 0 Å². The van der Waals surface area contributed by atoms with Gasteiger partial charge < -0.3 is 9.64 Å². The average Bonchev–Trinajstić information content (AvgIpc) is 3.25. The Balaban J connectivity index is 1.55. The van der Waals surface area contributed by atoms with Gasteiger partial charge in [-0.05, 0) is 67.5 Å². The van der Waals surface area contributed by atoms with Crippen LogP contribution in [0.2, 0.25) is 5.02 Å². The van der Waals surface area contributed by atoms with Crippen molar-refractivity contribution in [2.45, 2.75) is 45.2 Å². The van der Waals surface area contributed by atoms with Gasteiger partial charge in [0.15, 0.2) is 0 Å². The average molecular weight is 523 g/mol. The zero-order valence-corrected chi connectivity index (χ0v) is 21.9. The molecule has 4 nitrogen and oxygen atoms in total. The number of carbonyl (C=O) groups excluding carboxylic acids is 1. The summed E-state index contributed by atoms with van der Waals surface area (Å²) < 4.78 is 20.9. The number of benzene rings is 2. The normalized spacial score (nSPS) is 17.8. The molecular weight excluding hydrogens is 495 g/mol. The number of hydrogen-bond donors (Lipinski definition) is 0. The summed E-state index contributed by atoms with van der Waals surface area (Å²) >= 11 is 7.88. The smallest absolute Gasteiger partial charge is 0.266 e. The fourth-order valence-corrected chi connectivity index (χ4v) is 6.57. The van der Waals surface area contributed by atoms with Crippen LogP contribution in [0.4, 0.5) is 4.39 Å². The second kappa shape index (κ2) is 10.6. The van der Waals surface area contributed by atoms with Gasteiger partial charge in [0, 0.05) is 46.2 Å². The number of amides is 1. The molecule has 0 bridgehead atoms. The second-order valence-electron chi connectivity index (χ2n) is 9.47. The van der Waals surface area contributed by atoms with Gasteiger partial charge in [0.05, 0.1) is 12.1 Å². The molecule has 1 fully saturated rings. The highest BCUT2D eigenvalue weighted by Crippen LogP contribution is 2.39. The summed E-state index contributed by atoms with van der Waals surface area (Å²) in [6, 6.07) is 14.8. The third-order valence-corrected chi connectivity index (χ3v) is 8.74. The maximum absolute atomic E-state index is 14.5. The number of nitrogens with zero attached hydrogens (tertiary/aromatic N) is 2. The third-order valence-electron chi connectivity index (χ3n) is 7.10. The van der Waals surface area contributed by atoms with Crippen molar-refractivity contribution >= 4 is 38.9 Å². The van der Waals surface area contributed by atoms with Gasteiger partial charge in [0.2, 0.25) is 0 Å². The van der Waals surface area contributed by atoms with Crippen molar-refractivity contribution in [2.24, 2.45) is 5.92 Å². The fourth-order valence-electron chi connectivity index (χ4n) is 5.06. The van der Waals surface area contributed by atoms with Crippen LogP contribution >= 0.6 is 22.9 Å². The Morgan fingerprint density at radius 2 is 1.94 bits per heavy atom. The van der Waals surface area contributed by atoms with E-state index in [1.165, 1.54) is 17.4 Å². The van der Waals surface area contributed by atoms with Gasteiger partial charge in [-0.15, -0.1) is 11.3 Å². The van der Waals surface area contributed by atoms with E-state index in [0.29, 0.717) is 27.4 Å². The number of carbonyl (C=O) groups is 1. The number of methoxy groups -OCH3 is 1. The zero-order chi connectivity index (χ0) is 25.2. The van der Waals surface area contributed by atoms with E-state index in [2.05, 4.69) is 18.0 Å². The number of ether oxygens (including phenoxy) is 1. The second-order valence-corrected chi connectivity index (χ2v) is 10.9. The SMILES string of the molecule is COc1ccc(-c2cccnc2)cc1CN(C(=O)c1sc2cccc(F)c2c1Cl)[C@H]1CC[C@H](C)CC1. The third kappa shape index (κ3) is 4.84. The van der Waals surface area contributed by atoms with Crippen molar-refractivity contribution in [3.8, 4) is 16.9 Å². The summed E-state index contributed by atoms with van der Waals surface area (Å²) in [4.78, 5) is 20.6. The van der Waals surface area contributed by atoms with Crippen LogP contribution in [0, 0.1) is 11.7 Å². The van der Waals surface area contributed by atoms with E-state index in [0.717, 1.165) is 48.1 Å². The summed E-state index contributed by atoms with van der Waals surface area (Å²) in [6.45, 7) is 2.64.